The van der Waals surface area contributed by atoms with E-state index in [1.54, 1.807) is 12.4 Å². The lowest BCUT2D eigenvalue weighted by molar-refractivity contribution is -0.000404. The van der Waals surface area contributed by atoms with Gasteiger partial charge in [-0.25, -0.2) is 4.79 Å². The number of piperidine rings is 1. The van der Waals surface area contributed by atoms with E-state index >= 15 is 0 Å². The Bertz CT molecular complexity index is 747. The maximum atomic E-state index is 12.4. The van der Waals surface area contributed by atoms with Crippen LogP contribution in [-0.4, -0.2) is 51.8 Å². The zero-order chi connectivity index (χ0) is 18.5. The van der Waals surface area contributed by atoms with Crippen LogP contribution in [0.4, 0.5) is 4.79 Å². The Labute approximate surface area is 158 Å². The average Bonchev–Trinajstić information content (AvgIpc) is 3.46. The average molecular weight is 371 g/mol. The first kappa shape index (κ1) is 17.9. The molecule has 8 heteroatoms. The normalized spacial score (nSPS) is 19.9. The fraction of sp³-hybridized carbons (Fsp3) is 0.579. The summed E-state index contributed by atoms with van der Waals surface area (Å²) < 4.78 is 11.2. The number of hydrogen-bond acceptors (Lipinski definition) is 6. The van der Waals surface area contributed by atoms with Crippen molar-refractivity contribution in [2.45, 2.75) is 50.7 Å². The second kappa shape index (κ2) is 8.47. The van der Waals surface area contributed by atoms with E-state index in [4.69, 9.17) is 9.26 Å². The molecule has 2 amide bonds. The van der Waals surface area contributed by atoms with Crippen molar-refractivity contribution in [2.24, 2.45) is 0 Å². The van der Waals surface area contributed by atoms with Gasteiger partial charge >= 0.3 is 6.03 Å². The molecular weight excluding hydrogens is 346 g/mol. The van der Waals surface area contributed by atoms with Crippen LogP contribution in [0, 0.1) is 0 Å². The minimum atomic E-state index is -0.0596. The zero-order valence-electron chi connectivity index (χ0n) is 15.3. The zero-order valence-corrected chi connectivity index (χ0v) is 15.3. The number of hydrogen-bond donors (Lipinski definition) is 1. The third-order valence-corrected chi connectivity index (χ3v) is 4.91. The van der Waals surface area contributed by atoms with Gasteiger partial charge in [0.25, 0.3) is 0 Å². The number of pyridine rings is 1. The number of aromatic nitrogens is 3. The number of carbonyl (C=O) groups excluding carboxylic acids is 1. The summed E-state index contributed by atoms with van der Waals surface area (Å²) in [6.07, 6.45) is 8.38. The van der Waals surface area contributed by atoms with Gasteiger partial charge in [0.15, 0.2) is 5.82 Å². The van der Waals surface area contributed by atoms with E-state index in [-0.39, 0.29) is 12.1 Å². The summed E-state index contributed by atoms with van der Waals surface area (Å²) in [5, 5.41) is 6.92. The summed E-state index contributed by atoms with van der Waals surface area (Å²) in [6, 6.07) is 3.83. The van der Waals surface area contributed by atoms with Gasteiger partial charge in [-0.1, -0.05) is 11.2 Å². The fourth-order valence-corrected chi connectivity index (χ4v) is 3.21. The van der Waals surface area contributed by atoms with Crippen LogP contribution in [0.1, 0.15) is 48.9 Å². The lowest BCUT2D eigenvalue weighted by Crippen LogP contribution is -2.48. The van der Waals surface area contributed by atoms with Crippen molar-refractivity contribution < 1.29 is 14.1 Å². The van der Waals surface area contributed by atoms with Crippen LogP contribution >= 0.6 is 0 Å². The van der Waals surface area contributed by atoms with Crippen molar-refractivity contribution in [3.8, 4) is 0 Å². The maximum Gasteiger partial charge on any atom is 0.317 e. The number of nitrogens with one attached hydrogen (secondary N) is 1. The molecule has 2 aromatic rings. The van der Waals surface area contributed by atoms with E-state index in [9.17, 15) is 4.79 Å². The lowest BCUT2D eigenvalue weighted by atomic mass is 10.1. The van der Waals surface area contributed by atoms with Gasteiger partial charge in [-0.2, -0.15) is 4.98 Å². The Morgan fingerprint density at radius 2 is 2.30 bits per heavy atom. The van der Waals surface area contributed by atoms with Crippen molar-refractivity contribution >= 4 is 6.03 Å². The predicted octanol–water partition coefficient (Wildman–Crippen LogP) is 2.28. The van der Waals surface area contributed by atoms with E-state index in [0.29, 0.717) is 37.9 Å². The van der Waals surface area contributed by atoms with Crippen molar-refractivity contribution in [1.29, 1.82) is 0 Å². The van der Waals surface area contributed by atoms with Crippen LogP contribution in [0.5, 0.6) is 0 Å². The molecule has 2 fully saturated rings. The first-order chi connectivity index (χ1) is 13.3. The van der Waals surface area contributed by atoms with Gasteiger partial charge < -0.3 is 19.5 Å². The molecule has 0 radical (unpaired) electrons. The first-order valence-corrected chi connectivity index (χ1v) is 9.63. The van der Waals surface area contributed by atoms with Gasteiger partial charge in [0, 0.05) is 44.4 Å². The van der Waals surface area contributed by atoms with Crippen LogP contribution < -0.4 is 5.32 Å². The van der Waals surface area contributed by atoms with Crippen molar-refractivity contribution in [3.05, 3.63) is 41.8 Å². The Hall–Kier alpha value is -2.48. The Morgan fingerprint density at radius 1 is 1.37 bits per heavy atom. The van der Waals surface area contributed by atoms with Crippen molar-refractivity contribution in [1.82, 2.24) is 25.3 Å². The van der Waals surface area contributed by atoms with Crippen LogP contribution in [0.25, 0.3) is 0 Å². The molecule has 144 valence electrons. The number of likely N-dealkylation sites (tertiary alicyclic amines) is 1. The van der Waals surface area contributed by atoms with E-state index in [0.717, 1.165) is 43.7 Å². The fourth-order valence-electron chi connectivity index (χ4n) is 3.21. The molecule has 0 aromatic carbocycles. The second-order valence-electron chi connectivity index (χ2n) is 7.19. The highest BCUT2D eigenvalue weighted by atomic mass is 16.5. The number of nitrogens with zero attached hydrogens (tertiary/aromatic N) is 4. The topological polar surface area (TPSA) is 93.4 Å². The molecule has 2 aromatic heterocycles. The van der Waals surface area contributed by atoms with Crippen LogP contribution in [0.2, 0.25) is 0 Å². The highest BCUT2D eigenvalue weighted by molar-refractivity contribution is 5.74. The highest BCUT2D eigenvalue weighted by Crippen LogP contribution is 2.38. The molecule has 8 nitrogen and oxygen atoms in total. The number of ether oxygens (including phenoxy) is 1. The quantitative estimate of drug-likeness (QED) is 0.802. The summed E-state index contributed by atoms with van der Waals surface area (Å²) in [7, 11) is 0. The summed E-state index contributed by atoms with van der Waals surface area (Å²) >= 11 is 0. The summed E-state index contributed by atoms with van der Waals surface area (Å²) in [4.78, 5) is 22.7. The predicted molar refractivity (Wildman–Crippen MR) is 97.0 cm³/mol. The number of amides is 2. The standard InChI is InChI=1S/C19H25N5O3/c25-19(21-9-7-17-22-18(27-23-17)15-5-6-15)24-10-2-4-16(12-24)26-13-14-3-1-8-20-11-14/h1,3,8,11,15-16H,2,4-7,9-10,12-13H2,(H,21,25)/t16-/m1/s1. The van der Waals surface area contributed by atoms with Crippen LogP contribution in [-0.2, 0) is 17.8 Å². The smallest absolute Gasteiger partial charge is 0.317 e. The third kappa shape index (κ3) is 5.03. The first-order valence-electron chi connectivity index (χ1n) is 9.63. The van der Waals surface area contributed by atoms with Gasteiger partial charge in [-0.05, 0) is 37.3 Å². The lowest BCUT2D eigenvalue weighted by Gasteiger charge is -2.32. The minimum absolute atomic E-state index is 0.0583. The third-order valence-electron chi connectivity index (χ3n) is 4.91. The largest absolute Gasteiger partial charge is 0.372 e. The summed E-state index contributed by atoms with van der Waals surface area (Å²) in [5.74, 6) is 1.85. The molecule has 3 heterocycles. The SMILES string of the molecule is O=C(NCCc1noc(C2CC2)n1)N1CCC[C@@H](OCc2cccnc2)C1. The van der Waals surface area contributed by atoms with Gasteiger partial charge in [0.1, 0.15) is 0 Å². The van der Waals surface area contributed by atoms with E-state index in [1.807, 2.05) is 17.0 Å². The highest BCUT2D eigenvalue weighted by Gasteiger charge is 2.29. The molecular formula is C19H25N5O3. The number of rotatable bonds is 7. The molecule has 0 bridgehead atoms. The number of carbonyl (C=O) groups is 1. The van der Waals surface area contributed by atoms with Gasteiger partial charge in [-0.3, -0.25) is 4.98 Å². The molecule has 27 heavy (non-hydrogen) atoms. The molecule has 1 N–H and O–H groups in total. The van der Waals surface area contributed by atoms with Crippen LogP contribution in [0.15, 0.2) is 29.0 Å². The molecule has 1 aliphatic carbocycles. The van der Waals surface area contributed by atoms with E-state index < -0.39 is 0 Å². The van der Waals surface area contributed by atoms with Gasteiger partial charge in [0.2, 0.25) is 5.89 Å². The summed E-state index contributed by atoms with van der Waals surface area (Å²) in [6.45, 7) is 2.39. The monoisotopic (exact) mass is 371 g/mol. The maximum absolute atomic E-state index is 12.4. The van der Waals surface area contributed by atoms with Gasteiger partial charge in [-0.15, -0.1) is 0 Å². The van der Waals surface area contributed by atoms with E-state index in [1.165, 1.54) is 0 Å². The molecule has 4 rings (SSSR count). The van der Waals surface area contributed by atoms with E-state index in [2.05, 4.69) is 20.4 Å². The molecule has 1 saturated heterocycles. The Morgan fingerprint density at radius 3 is 3.11 bits per heavy atom. The second-order valence-corrected chi connectivity index (χ2v) is 7.19. The Kier molecular flexibility index (Phi) is 5.62. The van der Waals surface area contributed by atoms with Crippen molar-refractivity contribution in [3.63, 3.8) is 0 Å². The van der Waals surface area contributed by atoms with Crippen LogP contribution in [0.3, 0.4) is 0 Å². The van der Waals surface area contributed by atoms with Crippen molar-refractivity contribution in [2.75, 3.05) is 19.6 Å². The molecule has 0 spiro atoms. The molecule has 1 aliphatic heterocycles. The molecule has 0 unspecified atom stereocenters. The number of urea groups is 1. The minimum Gasteiger partial charge on any atom is -0.372 e. The molecule has 1 saturated carbocycles. The van der Waals surface area contributed by atoms with Gasteiger partial charge in [0.05, 0.1) is 12.7 Å². The Balaban J connectivity index is 1.18. The summed E-state index contributed by atoms with van der Waals surface area (Å²) in [5.41, 5.74) is 1.05. The molecule has 2 aliphatic rings. The molecule has 1 atom stereocenters.